The van der Waals surface area contributed by atoms with Crippen LogP contribution in [0.5, 0.6) is 0 Å². The molecular formula is C31H32N2O. The molecule has 0 radical (unpaired) electrons. The van der Waals surface area contributed by atoms with E-state index in [1.165, 1.54) is 27.9 Å². The number of para-hydroxylation sites is 2. The molecule has 0 aliphatic rings. The summed E-state index contributed by atoms with van der Waals surface area (Å²) in [5, 5.41) is 3.48. The minimum absolute atomic E-state index is 0.0280. The fourth-order valence-corrected chi connectivity index (χ4v) is 4.52. The molecule has 0 saturated carbocycles. The molecule has 3 nitrogen and oxygen atoms in total. The van der Waals surface area contributed by atoms with Crippen molar-refractivity contribution in [3.63, 3.8) is 0 Å². The van der Waals surface area contributed by atoms with Gasteiger partial charge in [0, 0.05) is 40.4 Å². The fourth-order valence-electron chi connectivity index (χ4n) is 4.52. The van der Waals surface area contributed by atoms with Crippen molar-refractivity contribution in [1.29, 1.82) is 0 Å². The Morgan fingerprint density at radius 1 is 0.676 bits per heavy atom. The first-order chi connectivity index (χ1) is 16.4. The molecule has 0 aliphatic carbocycles. The maximum absolute atomic E-state index is 13.1. The molecule has 0 amide bonds. The first-order valence-electron chi connectivity index (χ1n) is 11.8. The Hall–Kier alpha value is -3.85. The lowest BCUT2D eigenvalue weighted by atomic mass is 10.0. The van der Waals surface area contributed by atoms with Gasteiger partial charge < -0.3 is 10.2 Å². The first-order valence-corrected chi connectivity index (χ1v) is 11.8. The molecule has 4 aromatic carbocycles. The van der Waals surface area contributed by atoms with Crippen LogP contribution < -0.4 is 10.2 Å². The lowest BCUT2D eigenvalue weighted by Gasteiger charge is -2.27. The van der Waals surface area contributed by atoms with Crippen molar-refractivity contribution in [2.45, 2.75) is 34.6 Å². The summed E-state index contributed by atoms with van der Waals surface area (Å²) in [6.07, 6.45) is 0. The van der Waals surface area contributed by atoms with E-state index in [1.807, 2.05) is 48.5 Å². The van der Waals surface area contributed by atoms with E-state index in [1.54, 1.807) is 0 Å². The summed E-state index contributed by atoms with van der Waals surface area (Å²) in [5.41, 5.74) is 10.7. The zero-order valence-electron chi connectivity index (χ0n) is 20.6. The highest BCUT2D eigenvalue weighted by Crippen LogP contribution is 2.32. The van der Waals surface area contributed by atoms with Crippen molar-refractivity contribution in [3.05, 3.63) is 118 Å². The van der Waals surface area contributed by atoms with Crippen LogP contribution in [0.25, 0.3) is 0 Å². The number of ketones is 1. The van der Waals surface area contributed by atoms with E-state index in [2.05, 4.69) is 81.2 Å². The molecule has 0 heterocycles. The summed E-state index contributed by atoms with van der Waals surface area (Å²) in [5.74, 6) is 0.0280. The molecule has 0 unspecified atom stereocenters. The largest absolute Gasteiger partial charge is 0.355 e. The van der Waals surface area contributed by atoms with Gasteiger partial charge in [0.05, 0.1) is 0 Å². The molecule has 0 spiro atoms. The number of rotatable bonds is 7. The predicted octanol–water partition coefficient (Wildman–Crippen LogP) is 8.05. The summed E-state index contributed by atoms with van der Waals surface area (Å²) in [6.45, 7) is 11.5. The second-order valence-corrected chi connectivity index (χ2v) is 8.83. The number of nitrogens with one attached hydrogen (secondary N) is 1. The topological polar surface area (TPSA) is 32.3 Å². The number of benzene rings is 4. The Morgan fingerprint density at radius 3 is 1.65 bits per heavy atom. The fraction of sp³-hybridized carbons (Fsp3) is 0.194. The predicted molar refractivity (Wildman–Crippen MR) is 144 cm³/mol. The molecule has 1 N–H and O–H groups in total. The molecule has 3 heteroatoms. The van der Waals surface area contributed by atoms with Crippen molar-refractivity contribution in [2.75, 3.05) is 16.8 Å². The molecule has 0 bridgehead atoms. The minimum Gasteiger partial charge on any atom is -0.355 e. The van der Waals surface area contributed by atoms with Crippen LogP contribution in [0.3, 0.4) is 0 Å². The summed E-state index contributed by atoms with van der Waals surface area (Å²) in [6, 6.07) is 28.3. The second kappa shape index (κ2) is 9.96. The molecule has 0 aromatic heterocycles. The van der Waals surface area contributed by atoms with Crippen molar-refractivity contribution in [3.8, 4) is 0 Å². The Morgan fingerprint density at radius 2 is 1.15 bits per heavy atom. The Bertz CT molecular complexity index is 1260. The van der Waals surface area contributed by atoms with E-state index in [-0.39, 0.29) is 5.78 Å². The zero-order chi connectivity index (χ0) is 24.2. The molecule has 0 fully saturated rings. The van der Waals surface area contributed by atoms with Gasteiger partial charge in [0.25, 0.3) is 0 Å². The Balaban J connectivity index is 1.52. The van der Waals surface area contributed by atoms with Gasteiger partial charge in [-0.3, -0.25) is 4.79 Å². The normalized spacial score (nSPS) is 10.7. The smallest absolute Gasteiger partial charge is 0.193 e. The SMILES string of the molecule is CCN(c1ccc(C(=O)c2ccc(Nc3c(C)cccc3C)cc2)cc1)c1c(C)cccc1C. The second-order valence-electron chi connectivity index (χ2n) is 8.83. The van der Waals surface area contributed by atoms with Gasteiger partial charge in [-0.1, -0.05) is 36.4 Å². The van der Waals surface area contributed by atoms with Crippen LogP contribution >= 0.6 is 0 Å². The third-order valence-electron chi connectivity index (χ3n) is 6.36. The Kier molecular flexibility index (Phi) is 6.83. The van der Waals surface area contributed by atoms with E-state index >= 15 is 0 Å². The van der Waals surface area contributed by atoms with Crippen LogP contribution in [-0.4, -0.2) is 12.3 Å². The van der Waals surface area contributed by atoms with Crippen molar-refractivity contribution >= 4 is 28.5 Å². The van der Waals surface area contributed by atoms with Gasteiger partial charge in [-0.05, 0) is 105 Å². The van der Waals surface area contributed by atoms with Gasteiger partial charge in [-0.25, -0.2) is 0 Å². The van der Waals surface area contributed by atoms with E-state index in [4.69, 9.17) is 0 Å². The third kappa shape index (κ3) is 4.74. The van der Waals surface area contributed by atoms with Crippen molar-refractivity contribution in [1.82, 2.24) is 0 Å². The van der Waals surface area contributed by atoms with Gasteiger partial charge in [-0.15, -0.1) is 0 Å². The summed E-state index contributed by atoms with van der Waals surface area (Å²) >= 11 is 0. The Labute approximate surface area is 203 Å². The van der Waals surface area contributed by atoms with E-state index in [0.717, 1.165) is 23.6 Å². The number of aryl methyl sites for hydroxylation is 4. The number of hydrogen-bond acceptors (Lipinski definition) is 3. The number of carbonyl (C=O) groups excluding carboxylic acids is 1. The highest BCUT2D eigenvalue weighted by atomic mass is 16.1. The van der Waals surface area contributed by atoms with Gasteiger partial charge >= 0.3 is 0 Å². The zero-order valence-corrected chi connectivity index (χ0v) is 20.6. The molecule has 172 valence electrons. The van der Waals surface area contributed by atoms with Gasteiger partial charge in [0.2, 0.25) is 0 Å². The number of hydrogen-bond donors (Lipinski definition) is 1. The van der Waals surface area contributed by atoms with Gasteiger partial charge in [-0.2, -0.15) is 0 Å². The van der Waals surface area contributed by atoms with Crippen molar-refractivity contribution in [2.24, 2.45) is 0 Å². The van der Waals surface area contributed by atoms with Gasteiger partial charge in [0.15, 0.2) is 5.78 Å². The van der Waals surface area contributed by atoms with Crippen molar-refractivity contribution < 1.29 is 4.79 Å². The summed E-state index contributed by atoms with van der Waals surface area (Å²) in [4.78, 5) is 15.4. The van der Waals surface area contributed by atoms with E-state index in [9.17, 15) is 4.79 Å². The maximum atomic E-state index is 13.1. The van der Waals surface area contributed by atoms with E-state index < -0.39 is 0 Å². The van der Waals surface area contributed by atoms with Crippen LogP contribution in [0.15, 0.2) is 84.9 Å². The van der Waals surface area contributed by atoms with Crippen LogP contribution in [0.2, 0.25) is 0 Å². The quantitative estimate of drug-likeness (QED) is 0.290. The number of anilines is 4. The lowest BCUT2D eigenvalue weighted by molar-refractivity contribution is 0.103. The first kappa shape index (κ1) is 23.3. The minimum atomic E-state index is 0.0280. The monoisotopic (exact) mass is 448 g/mol. The number of nitrogens with zero attached hydrogens (tertiary/aromatic N) is 1. The molecule has 0 aliphatic heterocycles. The standard InChI is InChI=1S/C31H32N2O/c1-6-33(30-23(4)11-8-12-24(30)5)28-19-15-26(16-20-28)31(34)25-13-17-27(18-14-25)32-29-21(2)9-7-10-22(29)3/h7-20,32H,6H2,1-5H3. The molecule has 34 heavy (non-hydrogen) atoms. The summed E-state index contributed by atoms with van der Waals surface area (Å²) < 4.78 is 0. The van der Waals surface area contributed by atoms with Crippen LogP contribution in [0, 0.1) is 27.7 Å². The average molecular weight is 449 g/mol. The molecule has 0 saturated heterocycles. The highest BCUT2D eigenvalue weighted by molar-refractivity contribution is 6.09. The van der Waals surface area contributed by atoms with Crippen LogP contribution in [0.4, 0.5) is 22.7 Å². The molecular weight excluding hydrogens is 416 g/mol. The highest BCUT2D eigenvalue weighted by Gasteiger charge is 2.14. The third-order valence-corrected chi connectivity index (χ3v) is 6.36. The maximum Gasteiger partial charge on any atom is 0.193 e. The lowest BCUT2D eigenvalue weighted by Crippen LogP contribution is -2.18. The molecule has 4 aromatic rings. The summed E-state index contributed by atoms with van der Waals surface area (Å²) in [7, 11) is 0. The van der Waals surface area contributed by atoms with Crippen LogP contribution in [-0.2, 0) is 0 Å². The molecule has 0 atom stereocenters. The molecule has 4 rings (SSSR count). The average Bonchev–Trinajstić information content (AvgIpc) is 2.84. The number of carbonyl (C=O) groups is 1. The van der Waals surface area contributed by atoms with E-state index in [0.29, 0.717) is 11.1 Å². The van der Waals surface area contributed by atoms with Gasteiger partial charge in [0.1, 0.15) is 0 Å². The van der Waals surface area contributed by atoms with Crippen LogP contribution in [0.1, 0.15) is 45.1 Å².